The molecule has 0 aromatic heterocycles. The van der Waals surface area contributed by atoms with Crippen LogP contribution in [0.3, 0.4) is 0 Å². The summed E-state index contributed by atoms with van der Waals surface area (Å²) in [5, 5.41) is 0. The Hall–Kier alpha value is -0.170. The number of methoxy groups -OCH3 is 2. The molecule has 0 saturated heterocycles. The fourth-order valence-electron chi connectivity index (χ4n) is 2.75. The highest BCUT2D eigenvalue weighted by atomic mass is 32.2. The van der Waals surface area contributed by atoms with Crippen molar-refractivity contribution in [3.63, 3.8) is 0 Å². The first-order valence-electron chi connectivity index (χ1n) is 7.18. The Labute approximate surface area is 123 Å². The number of ether oxygens (including phenoxy) is 2. The van der Waals surface area contributed by atoms with Gasteiger partial charge >= 0.3 is 0 Å². The number of hydrogen-bond donors (Lipinski definition) is 1. The Morgan fingerprint density at radius 1 is 1.30 bits per heavy atom. The zero-order valence-corrected chi connectivity index (χ0v) is 14.3. The van der Waals surface area contributed by atoms with E-state index in [0.29, 0.717) is 5.92 Å². The van der Waals surface area contributed by atoms with Gasteiger partial charge in [-0.05, 0) is 18.8 Å². The van der Waals surface area contributed by atoms with Gasteiger partial charge in [0, 0.05) is 25.7 Å². The minimum Gasteiger partial charge on any atom is -0.381 e. The van der Waals surface area contributed by atoms with Gasteiger partial charge in [-0.2, -0.15) is 0 Å². The second-order valence-electron chi connectivity index (χ2n) is 6.72. The molecule has 1 fully saturated rings. The van der Waals surface area contributed by atoms with Crippen molar-refractivity contribution in [1.29, 1.82) is 0 Å². The molecule has 120 valence electrons. The molecule has 0 amide bonds. The molecule has 3 atom stereocenters. The molecule has 1 aliphatic carbocycles. The third-order valence-corrected chi connectivity index (χ3v) is 5.71. The molecule has 0 heterocycles. The lowest BCUT2D eigenvalue weighted by atomic mass is 9.65. The first-order valence-corrected chi connectivity index (χ1v) is 8.83. The maximum Gasteiger partial charge on any atom is 0.214 e. The summed E-state index contributed by atoms with van der Waals surface area (Å²) in [7, 11) is -0.0982. The van der Waals surface area contributed by atoms with E-state index < -0.39 is 10.0 Å². The summed E-state index contributed by atoms with van der Waals surface area (Å²) >= 11 is 0. The van der Waals surface area contributed by atoms with Crippen LogP contribution in [0.4, 0.5) is 0 Å². The Kier molecular flexibility index (Phi) is 6.01. The third kappa shape index (κ3) is 4.41. The lowest BCUT2D eigenvalue weighted by molar-refractivity contribution is -0.0909. The number of sulfonamides is 1. The topological polar surface area (TPSA) is 64.6 Å². The number of hydrogen-bond acceptors (Lipinski definition) is 4. The molecule has 0 aromatic carbocycles. The summed E-state index contributed by atoms with van der Waals surface area (Å²) in [6.45, 7) is 8.17. The van der Waals surface area contributed by atoms with E-state index in [4.69, 9.17) is 9.47 Å². The Morgan fingerprint density at radius 3 is 2.30 bits per heavy atom. The molecule has 1 rings (SSSR count). The normalized spacial score (nSPS) is 27.4. The van der Waals surface area contributed by atoms with Gasteiger partial charge in [-0.15, -0.1) is 0 Å². The second kappa shape index (κ2) is 6.73. The Morgan fingerprint density at radius 2 is 1.90 bits per heavy atom. The second-order valence-corrected chi connectivity index (χ2v) is 8.52. The van der Waals surface area contributed by atoms with Gasteiger partial charge in [-0.3, -0.25) is 0 Å². The molecule has 3 unspecified atom stereocenters. The Balaban J connectivity index is 2.58. The lowest BCUT2D eigenvalue weighted by Crippen LogP contribution is -2.62. The minimum atomic E-state index is -3.33. The molecule has 20 heavy (non-hydrogen) atoms. The molecule has 0 aliphatic heterocycles. The van der Waals surface area contributed by atoms with Gasteiger partial charge in [0.05, 0.1) is 18.0 Å². The number of rotatable bonds is 8. The van der Waals surface area contributed by atoms with Crippen LogP contribution in [0.5, 0.6) is 0 Å². The molecule has 0 radical (unpaired) electrons. The molecule has 5 nitrogen and oxygen atoms in total. The van der Waals surface area contributed by atoms with Crippen LogP contribution in [0.2, 0.25) is 0 Å². The van der Waals surface area contributed by atoms with Crippen molar-refractivity contribution in [3.05, 3.63) is 0 Å². The van der Waals surface area contributed by atoms with E-state index in [1.807, 2.05) is 13.8 Å². The average molecular weight is 307 g/mol. The van der Waals surface area contributed by atoms with E-state index in [-0.39, 0.29) is 29.4 Å². The maximum atomic E-state index is 12.2. The summed E-state index contributed by atoms with van der Waals surface area (Å²) in [4.78, 5) is 0. The van der Waals surface area contributed by atoms with Gasteiger partial charge in [-0.25, -0.2) is 13.1 Å². The highest BCUT2D eigenvalue weighted by Gasteiger charge is 2.50. The van der Waals surface area contributed by atoms with Gasteiger partial charge in [0.1, 0.15) is 0 Å². The van der Waals surface area contributed by atoms with Gasteiger partial charge in [0.25, 0.3) is 0 Å². The van der Waals surface area contributed by atoms with Crippen molar-refractivity contribution in [2.75, 3.05) is 20.0 Å². The first-order chi connectivity index (χ1) is 9.12. The van der Waals surface area contributed by atoms with E-state index in [1.165, 1.54) is 0 Å². The van der Waals surface area contributed by atoms with E-state index >= 15 is 0 Å². The predicted octanol–water partition coefficient (Wildman–Crippen LogP) is 1.78. The third-order valence-electron chi connectivity index (χ3n) is 4.26. The molecule has 0 spiro atoms. The molecule has 1 saturated carbocycles. The van der Waals surface area contributed by atoms with Crippen LogP contribution in [-0.2, 0) is 19.5 Å². The molecule has 0 bridgehead atoms. The van der Waals surface area contributed by atoms with Crippen molar-refractivity contribution >= 4 is 10.0 Å². The monoisotopic (exact) mass is 307 g/mol. The highest BCUT2D eigenvalue weighted by Crippen LogP contribution is 2.42. The smallest absolute Gasteiger partial charge is 0.214 e. The zero-order chi connectivity index (χ0) is 15.6. The van der Waals surface area contributed by atoms with Crippen LogP contribution < -0.4 is 4.72 Å². The average Bonchev–Trinajstić information content (AvgIpc) is 2.32. The van der Waals surface area contributed by atoms with Crippen molar-refractivity contribution in [3.8, 4) is 0 Å². The van der Waals surface area contributed by atoms with Crippen LogP contribution in [0, 0.1) is 11.3 Å². The molecule has 1 aliphatic rings. The molecular formula is C14H29NO4S. The molecule has 0 aromatic rings. The lowest BCUT2D eigenvalue weighted by Gasteiger charge is -2.51. The minimum absolute atomic E-state index is 0.0198. The maximum absolute atomic E-state index is 12.2. The largest absolute Gasteiger partial charge is 0.381 e. The van der Waals surface area contributed by atoms with Crippen LogP contribution in [0.15, 0.2) is 0 Å². The SMILES string of the molecule is COC(CC(C)C)CS(=O)(=O)NC1CC(OC)C1(C)C. The quantitative estimate of drug-likeness (QED) is 0.742. The van der Waals surface area contributed by atoms with Crippen LogP contribution >= 0.6 is 0 Å². The van der Waals surface area contributed by atoms with Crippen LogP contribution in [-0.4, -0.2) is 46.6 Å². The molecular weight excluding hydrogens is 278 g/mol. The van der Waals surface area contributed by atoms with E-state index in [2.05, 4.69) is 18.6 Å². The predicted molar refractivity (Wildman–Crippen MR) is 80.2 cm³/mol. The fraction of sp³-hybridized carbons (Fsp3) is 1.00. The van der Waals surface area contributed by atoms with E-state index in [1.54, 1.807) is 14.2 Å². The summed E-state index contributed by atoms with van der Waals surface area (Å²) in [6, 6.07) is -0.0611. The number of nitrogens with one attached hydrogen (secondary N) is 1. The van der Waals surface area contributed by atoms with Gasteiger partial charge < -0.3 is 9.47 Å². The summed E-state index contributed by atoms with van der Waals surface area (Å²) in [6.07, 6.45) is 1.33. The Bertz CT molecular complexity index is 405. The van der Waals surface area contributed by atoms with Crippen molar-refractivity contribution in [2.24, 2.45) is 11.3 Å². The van der Waals surface area contributed by atoms with Crippen molar-refractivity contribution in [2.45, 2.75) is 58.8 Å². The van der Waals surface area contributed by atoms with E-state index in [0.717, 1.165) is 12.8 Å². The highest BCUT2D eigenvalue weighted by molar-refractivity contribution is 7.89. The van der Waals surface area contributed by atoms with Gasteiger partial charge in [0.15, 0.2) is 0 Å². The van der Waals surface area contributed by atoms with Crippen LogP contribution in [0.25, 0.3) is 0 Å². The van der Waals surface area contributed by atoms with Gasteiger partial charge in [-0.1, -0.05) is 27.7 Å². The molecule has 1 N–H and O–H groups in total. The van der Waals surface area contributed by atoms with Gasteiger partial charge in [0.2, 0.25) is 10.0 Å². The van der Waals surface area contributed by atoms with Crippen molar-refractivity contribution in [1.82, 2.24) is 4.72 Å². The first kappa shape index (κ1) is 17.9. The van der Waals surface area contributed by atoms with Crippen LogP contribution in [0.1, 0.15) is 40.5 Å². The van der Waals surface area contributed by atoms with E-state index in [9.17, 15) is 8.42 Å². The van der Waals surface area contributed by atoms with Crippen molar-refractivity contribution < 1.29 is 17.9 Å². The summed E-state index contributed by atoms with van der Waals surface area (Å²) in [5.74, 6) is 0.430. The zero-order valence-electron chi connectivity index (χ0n) is 13.5. The summed E-state index contributed by atoms with van der Waals surface area (Å²) < 4.78 is 37.9. The standard InChI is InChI=1S/C14H29NO4S/c1-10(2)7-11(18-5)9-20(16,17)15-12-8-13(19-6)14(12,3)4/h10-13,15H,7-9H2,1-6H3. The fourth-order valence-corrected chi connectivity index (χ4v) is 4.44. The summed E-state index contributed by atoms with van der Waals surface area (Å²) in [5.41, 5.74) is -0.164. The molecule has 6 heteroatoms.